The third kappa shape index (κ3) is 15.2. The fourth-order valence-corrected chi connectivity index (χ4v) is 19.7. The van der Waals surface area contributed by atoms with Gasteiger partial charge in [-0.05, 0) is 184 Å². The summed E-state index contributed by atoms with van der Waals surface area (Å²) < 4.78 is 0. The average molecular weight is 1390 g/mol. The number of carbonyl (C=O) groups excluding carboxylic acids is 2. The molecule has 0 unspecified atom stereocenters. The number of anilines is 5. The Kier molecular flexibility index (Phi) is 29.9. The highest BCUT2D eigenvalue weighted by molar-refractivity contribution is 6.30. The van der Waals surface area contributed by atoms with Crippen LogP contribution < -0.4 is 37.4 Å². The molecule has 5 aromatic rings. The molecule has 2 aliphatic rings. The van der Waals surface area contributed by atoms with Gasteiger partial charge in [0.05, 0.1) is 22.5 Å². The number of nitrogens with one attached hydrogen (secondary N) is 7. The highest BCUT2D eigenvalue weighted by atomic mass is 16.2. The smallest absolute Gasteiger partial charge is 0.275 e. The second kappa shape index (κ2) is 36.9. The molecule has 0 aliphatic carbocycles. The Hall–Kier alpha value is -6.56. The van der Waals surface area contributed by atoms with Crippen LogP contribution in [-0.4, -0.2) is 69.7 Å². The van der Waals surface area contributed by atoms with E-state index in [2.05, 4.69) is 268 Å². The molecule has 5 aromatic carbocycles. The zero-order valence-electron chi connectivity index (χ0n) is 68.4. The van der Waals surface area contributed by atoms with Crippen LogP contribution in [0, 0.1) is 17.8 Å². The summed E-state index contributed by atoms with van der Waals surface area (Å²) in [5.41, 5.74) is 27.3. The van der Waals surface area contributed by atoms with Crippen LogP contribution in [-0.2, 0) is 31.2 Å². The Bertz CT molecular complexity index is 3610. The minimum Gasteiger partial charge on any atom is -0.388 e. The van der Waals surface area contributed by atoms with Crippen LogP contribution in [0.1, 0.15) is 311 Å². The zero-order chi connectivity index (χ0) is 74.8. The first-order valence-electron chi connectivity index (χ1n) is 41.0. The van der Waals surface area contributed by atoms with Crippen LogP contribution in [0.2, 0.25) is 0 Å². The Morgan fingerprint density at radius 1 is 0.343 bits per heavy atom. The first-order valence-corrected chi connectivity index (χ1v) is 41.0. The summed E-state index contributed by atoms with van der Waals surface area (Å²) in [4.78, 5) is 31.1. The van der Waals surface area contributed by atoms with Crippen molar-refractivity contribution in [3.63, 3.8) is 0 Å². The number of hydrogen-bond donors (Lipinski definition) is 7. The van der Waals surface area contributed by atoms with E-state index in [1.54, 1.807) is 17.1 Å². The highest BCUT2D eigenvalue weighted by Crippen LogP contribution is 2.59. The maximum atomic E-state index is 15.6. The van der Waals surface area contributed by atoms with E-state index in [1.165, 1.54) is 83.2 Å². The second-order valence-electron chi connectivity index (χ2n) is 30.6. The molecule has 2 amide bonds. The standard InChI is InChI=1S/C91H141N9O2/c1-23-38-41-44-55-96-76-62-73(90(34-12,35-13)87(18,28-6)29-7)78(93-20)59-69(76)65-47-49-66(50-48-65)82-80-81(84(101)99(82)95-22)83(100(85(80)102)98-57-46-43-40-25-3)67-51-53-68(54-52-67)88(30-8,31-9)91(36-14,37-15)74-63-77(97-56-45-42-39-24-2)71(60-79(74)94-21)70-58-64(16)72(61-75(70)92-19)89(32-10,33-11)86(17,26-4)27-5/h47-54,58-63,92-98H,23-46,55-57H2,1-22H3. The summed E-state index contributed by atoms with van der Waals surface area (Å²) >= 11 is 0. The number of benzene rings is 5. The molecule has 11 nitrogen and oxygen atoms in total. The number of rotatable bonds is 45. The molecule has 2 heterocycles. The summed E-state index contributed by atoms with van der Waals surface area (Å²) in [7, 11) is 8.06. The lowest BCUT2D eigenvalue weighted by Crippen LogP contribution is -2.48. The fraction of sp³-hybridized carbons (Fsp3) is 0.604. The van der Waals surface area contributed by atoms with E-state index in [4.69, 9.17) is 0 Å². The van der Waals surface area contributed by atoms with Crippen LogP contribution in [0.25, 0.3) is 33.6 Å². The predicted octanol–water partition coefficient (Wildman–Crippen LogP) is 24.0. The molecule has 7 N–H and O–H groups in total. The van der Waals surface area contributed by atoms with Crippen molar-refractivity contribution in [1.29, 1.82) is 0 Å². The van der Waals surface area contributed by atoms with E-state index in [0.717, 1.165) is 174 Å². The van der Waals surface area contributed by atoms with Crippen LogP contribution in [0.15, 0.2) is 96.1 Å². The molecule has 11 heteroatoms. The quantitative estimate of drug-likeness (QED) is 0.0191. The number of amides is 2. The van der Waals surface area contributed by atoms with Gasteiger partial charge in [-0.15, -0.1) is 0 Å². The van der Waals surface area contributed by atoms with Crippen molar-refractivity contribution in [1.82, 2.24) is 20.9 Å². The van der Waals surface area contributed by atoms with Crippen LogP contribution >= 0.6 is 0 Å². The number of nitrogens with zero attached hydrogens (tertiary/aromatic N) is 2. The molecule has 0 radical (unpaired) electrons. The third-order valence-corrected chi connectivity index (χ3v) is 26.9. The molecule has 102 heavy (non-hydrogen) atoms. The second-order valence-corrected chi connectivity index (χ2v) is 30.6. The Balaban J connectivity index is 1.40. The van der Waals surface area contributed by atoms with Gasteiger partial charge in [-0.25, -0.2) is 20.9 Å². The number of unbranched alkanes of at least 4 members (excludes halogenated alkanes) is 9. The number of hydrogen-bond acceptors (Lipinski definition) is 9. The number of hydrazine groups is 2. The van der Waals surface area contributed by atoms with E-state index >= 15 is 9.59 Å². The van der Waals surface area contributed by atoms with E-state index in [9.17, 15) is 0 Å². The van der Waals surface area contributed by atoms with Crippen LogP contribution in [0.5, 0.6) is 0 Å². The summed E-state index contributed by atoms with van der Waals surface area (Å²) in [6.07, 6.45) is 25.9. The van der Waals surface area contributed by atoms with Crippen molar-refractivity contribution in [3.05, 3.63) is 135 Å². The Labute approximate surface area is 621 Å². The lowest BCUT2D eigenvalue weighted by atomic mass is 9.52. The normalized spacial score (nSPS) is 14.1. The fourth-order valence-electron chi connectivity index (χ4n) is 19.7. The van der Waals surface area contributed by atoms with Gasteiger partial charge in [0.2, 0.25) is 0 Å². The van der Waals surface area contributed by atoms with Gasteiger partial charge in [0.25, 0.3) is 11.8 Å². The van der Waals surface area contributed by atoms with Crippen molar-refractivity contribution in [3.8, 4) is 22.3 Å². The van der Waals surface area contributed by atoms with Gasteiger partial charge in [-0.1, -0.05) is 224 Å². The molecule has 7 rings (SSSR count). The van der Waals surface area contributed by atoms with Gasteiger partial charge in [0.15, 0.2) is 0 Å². The van der Waals surface area contributed by atoms with E-state index in [-0.39, 0.29) is 44.3 Å². The lowest BCUT2D eigenvalue weighted by molar-refractivity contribution is -0.125. The van der Waals surface area contributed by atoms with Gasteiger partial charge >= 0.3 is 0 Å². The van der Waals surface area contributed by atoms with Crippen molar-refractivity contribution in [2.24, 2.45) is 10.8 Å². The van der Waals surface area contributed by atoms with Gasteiger partial charge in [-0.2, -0.15) is 0 Å². The molecule has 0 saturated heterocycles. The van der Waals surface area contributed by atoms with E-state index < -0.39 is 0 Å². The summed E-state index contributed by atoms with van der Waals surface area (Å²) in [6, 6.07) is 32.4. The minimum atomic E-state index is -0.315. The zero-order valence-corrected chi connectivity index (χ0v) is 68.4. The van der Waals surface area contributed by atoms with Crippen LogP contribution in [0.4, 0.5) is 28.4 Å². The van der Waals surface area contributed by atoms with Gasteiger partial charge in [-0.3, -0.25) is 9.59 Å². The average Bonchev–Trinajstić information content (AvgIpc) is 1.30. The molecular formula is C91H141N9O2. The van der Waals surface area contributed by atoms with Crippen LogP contribution in [0.3, 0.4) is 0 Å². The monoisotopic (exact) mass is 1390 g/mol. The molecular weight excluding hydrogens is 1250 g/mol. The maximum Gasteiger partial charge on any atom is 0.275 e. The third-order valence-electron chi connectivity index (χ3n) is 26.9. The number of fused-ring (bicyclic) bond motifs is 1. The molecule has 0 saturated carbocycles. The lowest BCUT2D eigenvalue weighted by Gasteiger charge is -2.52. The molecule has 0 spiro atoms. The van der Waals surface area contributed by atoms with Crippen molar-refractivity contribution < 1.29 is 9.59 Å². The summed E-state index contributed by atoms with van der Waals surface area (Å²) in [5.74, 6) is -0.469. The van der Waals surface area contributed by atoms with Gasteiger partial charge in [0.1, 0.15) is 0 Å². The molecule has 0 atom stereocenters. The van der Waals surface area contributed by atoms with Crippen molar-refractivity contribution >= 4 is 51.6 Å². The Morgan fingerprint density at radius 3 is 1.13 bits per heavy atom. The largest absolute Gasteiger partial charge is 0.388 e. The molecule has 0 bridgehead atoms. The predicted molar refractivity (Wildman–Crippen MR) is 444 cm³/mol. The SMILES string of the molecule is CCCCCCNc1cc(C(CC)(CC)C(C)(CC)CC)c(NC)cc1-c1ccc(C2=C3C(=O)N(NCCCCCC)C(c4ccc(C(CC)(CC)C(CC)(CC)c5cc(NCCCCCC)c(-c6cc(C)c(C(CC)(CC)C(C)(CC)CC)cc6NC)cc5NC)cc4)=C3C(=O)N2NC)cc1. The number of carbonyl (C=O) groups is 2. The first-order chi connectivity index (χ1) is 49.2. The molecule has 0 aromatic heterocycles. The minimum absolute atomic E-state index is 0.0334. The maximum absolute atomic E-state index is 15.6. The van der Waals surface area contributed by atoms with E-state index in [0.29, 0.717) is 29.1 Å². The molecule has 0 fully saturated rings. The topological polar surface area (TPSA) is 125 Å². The number of aryl methyl sites for hydroxylation is 1. The summed E-state index contributed by atoms with van der Waals surface area (Å²) in [6.45, 7) is 45.2. The van der Waals surface area contributed by atoms with Crippen molar-refractivity contribution in [2.45, 2.75) is 300 Å². The molecule has 562 valence electrons. The van der Waals surface area contributed by atoms with Crippen molar-refractivity contribution in [2.75, 3.05) is 74.4 Å². The first kappa shape index (κ1) is 82.7. The molecule has 2 aliphatic heterocycles. The summed E-state index contributed by atoms with van der Waals surface area (Å²) in [5, 5.41) is 22.6. The van der Waals surface area contributed by atoms with Gasteiger partial charge < -0.3 is 26.6 Å². The van der Waals surface area contributed by atoms with E-state index in [1.807, 2.05) is 0 Å². The Morgan fingerprint density at radius 2 is 0.706 bits per heavy atom. The highest BCUT2D eigenvalue weighted by Gasteiger charge is 2.53. The van der Waals surface area contributed by atoms with Gasteiger partial charge in [0, 0.05) is 126 Å².